The number of amides is 1. The summed E-state index contributed by atoms with van der Waals surface area (Å²) in [6, 6.07) is 5.80. The summed E-state index contributed by atoms with van der Waals surface area (Å²) in [5, 5.41) is 4.74. The number of aromatic nitrogens is 3. The van der Waals surface area contributed by atoms with E-state index in [-0.39, 0.29) is 11.9 Å². The predicted octanol–water partition coefficient (Wildman–Crippen LogP) is 3.14. The first-order chi connectivity index (χ1) is 12.2. The summed E-state index contributed by atoms with van der Waals surface area (Å²) in [6.07, 6.45) is 6.50. The zero-order valence-electron chi connectivity index (χ0n) is 13.4. The molecule has 1 fully saturated rings. The summed E-state index contributed by atoms with van der Waals surface area (Å²) in [4.78, 5) is 27.2. The summed E-state index contributed by atoms with van der Waals surface area (Å²) in [7, 11) is 0. The van der Waals surface area contributed by atoms with Crippen LogP contribution >= 0.6 is 22.9 Å². The van der Waals surface area contributed by atoms with Crippen LogP contribution in [0.4, 0.5) is 5.13 Å². The van der Waals surface area contributed by atoms with Crippen molar-refractivity contribution in [2.75, 3.05) is 18.0 Å². The van der Waals surface area contributed by atoms with Gasteiger partial charge in [0.2, 0.25) is 0 Å². The molecular formula is C17H16ClN5OS. The molecule has 0 radical (unpaired) electrons. The van der Waals surface area contributed by atoms with E-state index in [1.54, 1.807) is 17.5 Å². The Kier molecular flexibility index (Phi) is 4.50. The molecule has 3 aromatic rings. The number of rotatable bonds is 3. The van der Waals surface area contributed by atoms with Crippen LogP contribution in [0.25, 0.3) is 10.2 Å². The van der Waals surface area contributed by atoms with E-state index in [1.165, 1.54) is 12.4 Å². The number of carbonyl (C=O) groups is 1. The molecule has 0 bridgehead atoms. The van der Waals surface area contributed by atoms with Crippen LogP contribution in [0, 0.1) is 0 Å². The van der Waals surface area contributed by atoms with E-state index in [4.69, 9.17) is 16.6 Å². The van der Waals surface area contributed by atoms with Crippen molar-refractivity contribution in [1.29, 1.82) is 0 Å². The lowest BCUT2D eigenvalue weighted by molar-refractivity contribution is 0.0927. The zero-order chi connectivity index (χ0) is 17.2. The summed E-state index contributed by atoms with van der Waals surface area (Å²) in [5.41, 5.74) is 1.30. The Hall–Kier alpha value is -2.25. The third-order valence-electron chi connectivity index (χ3n) is 4.16. The number of nitrogens with zero attached hydrogens (tertiary/aromatic N) is 4. The molecule has 1 aliphatic rings. The summed E-state index contributed by atoms with van der Waals surface area (Å²) < 4.78 is 1.08. The number of fused-ring (bicyclic) bond motifs is 1. The van der Waals surface area contributed by atoms with Crippen LogP contribution in [0.2, 0.25) is 5.02 Å². The van der Waals surface area contributed by atoms with E-state index in [1.807, 2.05) is 18.2 Å². The minimum Gasteiger partial charge on any atom is -0.346 e. The first-order valence-corrected chi connectivity index (χ1v) is 9.26. The van der Waals surface area contributed by atoms with Crippen molar-refractivity contribution in [2.45, 2.75) is 18.9 Å². The Labute approximate surface area is 153 Å². The molecule has 128 valence electrons. The fraction of sp³-hybridized carbons (Fsp3) is 0.294. The van der Waals surface area contributed by atoms with Crippen LogP contribution in [0.15, 0.2) is 36.8 Å². The van der Waals surface area contributed by atoms with Crippen molar-refractivity contribution in [2.24, 2.45) is 0 Å². The molecule has 1 N–H and O–H groups in total. The number of carbonyl (C=O) groups excluding carboxylic acids is 1. The third kappa shape index (κ3) is 3.57. The number of anilines is 1. The normalized spacial score (nSPS) is 17.6. The molecule has 1 amide bonds. The molecule has 6 nitrogen and oxygen atoms in total. The number of hydrogen-bond donors (Lipinski definition) is 1. The van der Waals surface area contributed by atoms with Crippen LogP contribution in [0.1, 0.15) is 23.3 Å². The number of benzene rings is 1. The molecule has 1 unspecified atom stereocenters. The minimum absolute atomic E-state index is 0.0684. The van der Waals surface area contributed by atoms with Gasteiger partial charge in [-0.1, -0.05) is 22.9 Å². The monoisotopic (exact) mass is 373 g/mol. The lowest BCUT2D eigenvalue weighted by Gasteiger charge is -2.32. The second-order valence-electron chi connectivity index (χ2n) is 5.96. The van der Waals surface area contributed by atoms with E-state index < -0.39 is 0 Å². The Balaban J connectivity index is 1.47. The summed E-state index contributed by atoms with van der Waals surface area (Å²) in [5.74, 6) is -0.184. The van der Waals surface area contributed by atoms with Crippen molar-refractivity contribution in [1.82, 2.24) is 20.3 Å². The number of halogens is 1. The van der Waals surface area contributed by atoms with E-state index in [9.17, 15) is 4.79 Å². The fourth-order valence-electron chi connectivity index (χ4n) is 2.97. The highest BCUT2D eigenvalue weighted by Gasteiger charge is 2.24. The Morgan fingerprint density at radius 3 is 3.12 bits per heavy atom. The molecule has 0 spiro atoms. The topological polar surface area (TPSA) is 71.0 Å². The number of hydrogen-bond acceptors (Lipinski definition) is 6. The van der Waals surface area contributed by atoms with Crippen LogP contribution in [-0.4, -0.2) is 40.0 Å². The van der Waals surface area contributed by atoms with Crippen molar-refractivity contribution in [3.05, 3.63) is 47.5 Å². The van der Waals surface area contributed by atoms with E-state index in [2.05, 4.69) is 20.2 Å². The van der Waals surface area contributed by atoms with Crippen molar-refractivity contribution < 1.29 is 4.79 Å². The maximum Gasteiger partial charge on any atom is 0.271 e. The van der Waals surface area contributed by atoms with Gasteiger partial charge < -0.3 is 10.2 Å². The van der Waals surface area contributed by atoms with Gasteiger partial charge in [-0.2, -0.15) is 0 Å². The Morgan fingerprint density at radius 2 is 2.28 bits per heavy atom. The van der Waals surface area contributed by atoms with Gasteiger partial charge in [-0.15, -0.1) is 0 Å². The SMILES string of the molecule is O=C(NC1CCCN(c2nc3ccc(Cl)cc3s2)C1)c1cnccn1. The fourth-order valence-corrected chi connectivity index (χ4v) is 4.24. The largest absolute Gasteiger partial charge is 0.346 e. The second kappa shape index (κ2) is 6.93. The molecule has 1 atom stereocenters. The zero-order valence-corrected chi connectivity index (χ0v) is 14.9. The van der Waals surface area contributed by atoms with Gasteiger partial charge in [0.05, 0.1) is 16.4 Å². The van der Waals surface area contributed by atoms with Crippen molar-refractivity contribution >= 4 is 44.2 Å². The molecule has 2 aromatic heterocycles. The molecule has 1 saturated heterocycles. The molecule has 25 heavy (non-hydrogen) atoms. The first-order valence-electron chi connectivity index (χ1n) is 8.07. The Morgan fingerprint density at radius 1 is 1.36 bits per heavy atom. The van der Waals surface area contributed by atoms with Gasteiger partial charge in [-0.3, -0.25) is 9.78 Å². The lowest BCUT2D eigenvalue weighted by atomic mass is 10.1. The molecule has 8 heteroatoms. The molecule has 3 heterocycles. The lowest BCUT2D eigenvalue weighted by Crippen LogP contribution is -2.48. The van der Waals surface area contributed by atoms with Gasteiger partial charge in [0.25, 0.3) is 5.91 Å². The van der Waals surface area contributed by atoms with Gasteiger partial charge in [0, 0.05) is 36.5 Å². The maximum atomic E-state index is 12.3. The number of thiazole rings is 1. The average Bonchev–Trinajstić information content (AvgIpc) is 3.06. The summed E-state index contributed by atoms with van der Waals surface area (Å²) >= 11 is 7.69. The van der Waals surface area contributed by atoms with Gasteiger partial charge >= 0.3 is 0 Å². The van der Waals surface area contributed by atoms with Gasteiger partial charge in [0.1, 0.15) is 5.69 Å². The van der Waals surface area contributed by atoms with Crippen molar-refractivity contribution in [3.63, 3.8) is 0 Å². The maximum absolute atomic E-state index is 12.3. The van der Waals surface area contributed by atoms with Gasteiger partial charge in [-0.25, -0.2) is 9.97 Å². The molecule has 1 aromatic carbocycles. The molecule has 4 rings (SSSR count). The average molecular weight is 374 g/mol. The van der Waals surface area contributed by atoms with Crippen LogP contribution in [-0.2, 0) is 0 Å². The first kappa shape index (κ1) is 16.2. The van der Waals surface area contributed by atoms with Gasteiger partial charge in [-0.05, 0) is 31.0 Å². The highest BCUT2D eigenvalue weighted by Crippen LogP contribution is 2.32. The van der Waals surface area contributed by atoms with Crippen LogP contribution in [0.3, 0.4) is 0 Å². The van der Waals surface area contributed by atoms with Crippen molar-refractivity contribution in [3.8, 4) is 0 Å². The molecule has 0 aliphatic carbocycles. The number of piperidine rings is 1. The molecule has 0 saturated carbocycles. The van der Waals surface area contributed by atoms with E-state index in [0.717, 1.165) is 46.3 Å². The smallest absolute Gasteiger partial charge is 0.271 e. The minimum atomic E-state index is -0.184. The summed E-state index contributed by atoms with van der Waals surface area (Å²) in [6.45, 7) is 1.67. The van der Waals surface area contributed by atoms with E-state index in [0.29, 0.717) is 5.69 Å². The quantitative estimate of drug-likeness (QED) is 0.763. The molecule has 1 aliphatic heterocycles. The number of nitrogens with one attached hydrogen (secondary N) is 1. The predicted molar refractivity (Wildman–Crippen MR) is 99.4 cm³/mol. The van der Waals surface area contributed by atoms with E-state index >= 15 is 0 Å². The highest BCUT2D eigenvalue weighted by atomic mass is 35.5. The van der Waals surface area contributed by atoms with Crippen LogP contribution in [0.5, 0.6) is 0 Å². The van der Waals surface area contributed by atoms with Crippen LogP contribution < -0.4 is 10.2 Å². The third-order valence-corrected chi connectivity index (χ3v) is 5.48. The second-order valence-corrected chi connectivity index (χ2v) is 7.40. The highest BCUT2D eigenvalue weighted by molar-refractivity contribution is 7.22. The molecular weight excluding hydrogens is 358 g/mol. The Bertz CT molecular complexity index is 900. The standard InChI is InChI=1S/C17H16ClN5OS/c18-11-3-4-13-15(8-11)25-17(22-13)23-7-1-2-12(10-23)21-16(24)14-9-19-5-6-20-14/h3-6,8-9,12H,1-2,7,10H2,(H,21,24). The van der Waals surface area contributed by atoms with Gasteiger partial charge in [0.15, 0.2) is 5.13 Å².